The Balaban J connectivity index is 1.92. The normalized spacial score (nSPS) is 36.5. The number of ether oxygens (including phenoxy) is 1. The van der Waals surface area contributed by atoms with E-state index in [-0.39, 0.29) is 11.5 Å². The van der Waals surface area contributed by atoms with Gasteiger partial charge in [0.1, 0.15) is 5.78 Å². The van der Waals surface area contributed by atoms with Crippen molar-refractivity contribution in [3.8, 4) is 0 Å². The lowest BCUT2D eigenvalue weighted by Crippen LogP contribution is -2.50. The first-order valence-corrected chi connectivity index (χ1v) is 8.24. The number of hydrogen-bond donors (Lipinski definition) is 0. The molecule has 0 amide bonds. The van der Waals surface area contributed by atoms with E-state index in [1.165, 1.54) is 6.42 Å². The first kappa shape index (κ1) is 16.0. The van der Waals surface area contributed by atoms with Crippen LogP contribution in [0, 0.1) is 17.8 Å². The van der Waals surface area contributed by atoms with Crippen LogP contribution in [0.1, 0.15) is 52.9 Å². The van der Waals surface area contributed by atoms with Gasteiger partial charge in [-0.25, -0.2) is 0 Å². The molecule has 3 unspecified atom stereocenters. The van der Waals surface area contributed by atoms with E-state index in [1.54, 1.807) is 0 Å². The molecule has 116 valence electrons. The summed E-state index contributed by atoms with van der Waals surface area (Å²) in [6.45, 7) is 9.81. The summed E-state index contributed by atoms with van der Waals surface area (Å²) in [6, 6.07) is 0. The number of likely N-dealkylation sites (tertiary alicyclic amines) is 1. The summed E-state index contributed by atoms with van der Waals surface area (Å²) in [6.07, 6.45) is 5.30. The number of carbonyl (C=O) groups is 1. The maximum absolute atomic E-state index is 12.2. The Morgan fingerprint density at radius 1 is 1.45 bits per heavy atom. The first-order valence-electron chi connectivity index (χ1n) is 8.24. The van der Waals surface area contributed by atoms with Crippen LogP contribution in [-0.2, 0) is 9.53 Å². The van der Waals surface area contributed by atoms with Gasteiger partial charge in [0.05, 0.1) is 5.60 Å². The topological polar surface area (TPSA) is 29.5 Å². The zero-order valence-electron chi connectivity index (χ0n) is 13.7. The van der Waals surface area contributed by atoms with E-state index in [1.807, 2.05) is 7.11 Å². The third kappa shape index (κ3) is 3.82. The minimum atomic E-state index is -0.0204. The molecule has 1 saturated carbocycles. The quantitative estimate of drug-likeness (QED) is 0.793. The zero-order chi connectivity index (χ0) is 14.8. The second-order valence-corrected chi connectivity index (χ2v) is 7.43. The lowest BCUT2D eigenvalue weighted by Gasteiger charge is -2.41. The molecular formula is C17H31NO2. The minimum absolute atomic E-state index is 0.0204. The van der Waals surface area contributed by atoms with Crippen molar-refractivity contribution in [3.05, 3.63) is 0 Å². The van der Waals surface area contributed by atoms with Crippen LogP contribution >= 0.6 is 0 Å². The Morgan fingerprint density at radius 3 is 2.85 bits per heavy atom. The fraction of sp³-hybridized carbons (Fsp3) is 0.941. The van der Waals surface area contributed by atoms with Crippen molar-refractivity contribution in [2.24, 2.45) is 17.8 Å². The van der Waals surface area contributed by atoms with E-state index >= 15 is 0 Å². The molecule has 2 fully saturated rings. The molecule has 20 heavy (non-hydrogen) atoms. The molecule has 0 bridgehead atoms. The number of nitrogens with zero attached hydrogens (tertiary/aromatic N) is 1. The van der Waals surface area contributed by atoms with Gasteiger partial charge in [-0.2, -0.15) is 0 Å². The largest absolute Gasteiger partial charge is 0.377 e. The predicted molar refractivity (Wildman–Crippen MR) is 81.8 cm³/mol. The summed E-state index contributed by atoms with van der Waals surface area (Å²) in [7, 11) is 1.81. The SMILES string of the molecule is COC1(C)CCCN(CC2CC(C(C)C)CCC2=O)C1. The Morgan fingerprint density at radius 2 is 2.20 bits per heavy atom. The van der Waals surface area contributed by atoms with Crippen LogP contribution in [-0.4, -0.2) is 43.0 Å². The number of methoxy groups -OCH3 is 1. The van der Waals surface area contributed by atoms with E-state index in [9.17, 15) is 4.79 Å². The van der Waals surface area contributed by atoms with Gasteiger partial charge >= 0.3 is 0 Å². The Kier molecular flexibility index (Phi) is 5.25. The van der Waals surface area contributed by atoms with Gasteiger partial charge in [-0.1, -0.05) is 13.8 Å². The summed E-state index contributed by atoms with van der Waals surface area (Å²) < 4.78 is 5.66. The number of hydrogen-bond acceptors (Lipinski definition) is 3. The smallest absolute Gasteiger partial charge is 0.137 e. The molecule has 3 nitrogen and oxygen atoms in total. The summed E-state index contributed by atoms with van der Waals surface area (Å²) in [5, 5.41) is 0. The molecule has 2 rings (SSSR count). The molecule has 0 aromatic rings. The highest BCUT2D eigenvalue weighted by Crippen LogP contribution is 2.33. The van der Waals surface area contributed by atoms with E-state index in [4.69, 9.17) is 4.74 Å². The Bertz CT molecular complexity index is 342. The summed E-state index contributed by atoms with van der Waals surface area (Å²) in [5.41, 5.74) is -0.0204. The molecule has 0 aromatic heterocycles. The van der Waals surface area contributed by atoms with Crippen LogP contribution in [0.5, 0.6) is 0 Å². The van der Waals surface area contributed by atoms with Crippen molar-refractivity contribution in [2.75, 3.05) is 26.7 Å². The summed E-state index contributed by atoms with van der Waals surface area (Å²) in [4.78, 5) is 14.7. The predicted octanol–water partition coefficient (Wildman–Crippen LogP) is 3.13. The van der Waals surface area contributed by atoms with Gasteiger partial charge in [0.2, 0.25) is 0 Å². The van der Waals surface area contributed by atoms with Crippen LogP contribution in [0.2, 0.25) is 0 Å². The van der Waals surface area contributed by atoms with Crippen LogP contribution < -0.4 is 0 Å². The monoisotopic (exact) mass is 281 g/mol. The molecular weight excluding hydrogens is 250 g/mol. The van der Waals surface area contributed by atoms with Gasteiger partial charge in [-0.3, -0.25) is 9.69 Å². The van der Waals surface area contributed by atoms with E-state index in [0.29, 0.717) is 11.7 Å². The van der Waals surface area contributed by atoms with Gasteiger partial charge in [0.15, 0.2) is 0 Å². The molecule has 1 heterocycles. The van der Waals surface area contributed by atoms with Gasteiger partial charge in [-0.15, -0.1) is 0 Å². The van der Waals surface area contributed by atoms with Crippen molar-refractivity contribution >= 4 is 5.78 Å². The van der Waals surface area contributed by atoms with Crippen molar-refractivity contribution in [1.29, 1.82) is 0 Å². The summed E-state index contributed by atoms with van der Waals surface area (Å²) in [5.74, 6) is 2.19. The molecule has 3 atom stereocenters. The first-order chi connectivity index (χ1) is 9.43. The third-order valence-corrected chi connectivity index (χ3v) is 5.46. The number of ketones is 1. The molecule has 0 aromatic carbocycles. The zero-order valence-corrected chi connectivity index (χ0v) is 13.7. The molecule has 0 N–H and O–H groups in total. The van der Waals surface area contributed by atoms with E-state index < -0.39 is 0 Å². The van der Waals surface area contributed by atoms with Crippen LogP contribution in [0.15, 0.2) is 0 Å². The van der Waals surface area contributed by atoms with Gasteiger partial charge in [-0.05, 0) is 51.0 Å². The Labute approximate surface area is 124 Å². The average Bonchev–Trinajstić information content (AvgIpc) is 2.41. The van der Waals surface area contributed by atoms with Gasteiger partial charge < -0.3 is 4.74 Å². The number of carbonyl (C=O) groups excluding carboxylic acids is 1. The fourth-order valence-corrected chi connectivity index (χ4v) is 3.87. The van der Waals surface area contributed by atoms with Crippen molar-refractivity contribution in [2.45, 2.75) is 58.5 Å². The molecule has 0 radical (unpaired) electrons. The summed E-state index contributed by atoms with van der Waals surface area (Å²) >= 11 is 0. The molecule has 1 aliphatic heterocycles. The highest BCUT2D eigenvalue weighted by Gasteiger charge is 2.35. The number of piperidine rings is 1. The van der Waals surface area contributed by atoms with Crippen molar-refractivity contribution < 1.29 is 9.53 Å². The lowest BCUT2D eigenvalue weighted by molar-refractivity contribution is -0.127. The van der Waals surface area contributed by atoms with E-state index in [2.05, 4.69) is 25.7 Å². The lowest BCUT2D eigenvalue weighted by atomic mass is 9.75. The molecule has 0 spiro atoms. The molecule has 2 aliphatic rings. The van der Waals surface area contributed by atoms with Crippen LogP contribution in [0.25, 0.3) is 0 Å². The van der Waals surface area contributed by atoms with Gasteiger partial charge in [0.25, 0.3) is 0 Å². The third-order valence-electron chi connectivity index (χ3n) is 5.46. The molecule has 1 aliphatic carbocycles. The highest BCUT2D eigenvalue weighted by atomic mass is 16.5. The standard InChI is InChI=1S/C17H31NO2/c1-13(2)14-6-7-16(19)15(10-14)11-18-9-5-8-17(3,12-18)20-4/h13-15H,5-12H2,1-4H3. The highest BCUT2D eigenvalue weighted by molar-refractivity contribution is 5.82. The second-order valence-electron chi connectivity index (χ2n) is 7.43. The maximum atomic E-state index is 12.2. The van der Waals surface area contributed by atoms with Crippen molar-refractivity contribution in [3.63, 3.8) is 0 Å². The van der Waals surface area contributed by atoms with Crippen LogP contribution in [0.3, 0.4) is 0 Å². The average molecular weight is 281 g/mol. The van der Waals surface area contributed by atoms with Crippen LogP contribution in [0.4, 0.5) is 0 Å². The minimum Gasteiger partial charge on any atom is -0.377 e. The maximum Gasteiger partial charge on any atom is 0.137 e. The fourth-order valence-electron chi connectivity index (χ4n) is 3.87. The second kappa shape index (κ2) is 6.57. The van der Waals surface area contributed by atoms with E-state index in [0.717, 1.165) is 51.2 Å². The molecule has 3 heteroatoms. The Hall–Kier alpha value is -0.410. The number of rotatable bonds is 4. The number of Topliss-reactive ketones (excluding diaryl/α,β-unsaturated/α-hetero) is 1. The van der Waals surface area contributed by atoms with Crippen molar-refractivity contribution in [1.82, 2.24) is 4.90 Å². The molecule has 1 saturated heterocycles. The van der Waals surface area contributed by atoms with Gasteiger partial charge in [0, 0.05) is 32.5 Å².